The van der Waals surface area contributed by atoms with E-state index in [0.29, 0.717) is 36.9 Å². The summed E-state index contributed by atoms with van der Waals surface area (Å²) in [5.41, 5.74) is 1.86. The number of carbonyl (C=O) groups excluding carboxylic acids is 3. The van der Waals surface area contributed by atoms with Gasteiger partial charge in [0.15, 0.2) is 0 Å². The van der Waals surface area contributed by atoms with Crippen molar-refractivity contribution < 1.29 is 19.1 Å². The molecule has 2 atom stereocenters. The number of ether oxygens (including phenoxy) is 1. The van der Waals surface area contributed by atoms with Crippen LogP contribution in [0.2, 0.25) is 0 Å². The zero-order chi connectivity index (χ0) is 23.6. The number of esters is 1. The second-order valence-corrected chi connectivity index (χ2v) is 10.9. The van der Waals surface area contributed by atoms with Crippen LogP contribution in [0, 0.1) is 23.2 Å². The van der Waals surface area contributed by atoms with Gasteiger partial charge in [-0.2, -0.15) is 0 Å². The van der Waals surface area contributed by atoms with Gasteiger partial charge in [-0.3, -0.25) is 19.3 Å². The zero-order valence-electron chi connectivity index (χ0n) is 20.7. The van der Waals surface area contributed by atoms with E-state index in [-0.39, 0.29) is 30.6 Å². The fourth-order valence-corrected chi connectivity index (χ4v) is 5.82. The second kappa shape index (κ2) is 10.2. The third kappa shape index (κ3) is 5.61. The smallest absolute Gasteiger partial charge is 0.306 e. The first-order valence-corrected chi connectivity index (χ1v) is 12.9. The molecule has 0 radical (unpaired) electrons. The molecule has 1 saturated heterocycles. The molecule has 5 rings (SSSR count). The Hall–Kier alpha value is -1.89. The standard InChI is InChI=1S/C26H41N3O4/c1-4-33-24(31)10-9-23(30)28-14-11-27(12-15-28)13-16-29(25(32)19-5-6-19)18-20-7-8-21-17-22(20)26(21,2)3/h7,19,21-22H,4-6,8-18H2,1-3H3. The molecule has 2 saturated carbocycles. The van der Waals surface area contributed by atoms with E-state index >= 15 is 0 Å². The highest BCUT2D eigenvalue weighted by atomic mass is 16.5. The van der Waals surface area contributed by atoms with Crippen LogP contribution in [0.5, 0.6) is 0 Å². The first kappa shape index (κ1) is 24.2. The van der Waals surface area contributed by atoms with E-state index in [4.69, 9.17) is 4.74 Å². The molecule has 5 aliphatic rings. The van der Waals surface area contributed by atoms with Gasteiger partial charge in [0.05, 0.1) is 13.0 Å². The van der Waals surface area contributed by atoms with Gasteiger partial charge in [-0.1, -0.05) is 25.5 Å². The number of amides is 2. The van der Waals surface area contributed by atoms with Crippen molar-refractivity contribution in [3.05, 3.63) is 11.6 Å². The summed E-state index contributed by atoms with van der Waals surface area (Å²) in [6.07, 6.45) is 7.32. The number of allylic oxidation sites excluding steroid dienone is 1. The Bertz CT molecular complexity index is 780. The number of carbonyl (C=O) groups is 3. The molecule has 1 heterocycles. The molecule has 0 aromatic rings. The minimum atomic E-state index is -0.307. The van der Waals surface area contributed by atoms with Crippen LogP contribution < -0.4 is 0 Å². The summed E-state index contributed by atoms with van der Waals surface area (Å²) in [6.45, 7) is 12.3. The Balaban J connectivity index is 1.24. The van der Waals surface area contributed by atoms with E-state index in [1.54, 1.807) is 6.92 Å². The van der Waals surface area contributed by atoms with Gasteiger partial charge in [0, 0.05) is 58.2 Å². The van der Waals surface area contributed by atoms with Crippen LogP contribution >= 0.6 is 0 Å². The van der Waals surface area contributed by atoms with Gasteiger partial charge in [0.25, 0.3) is 0 Å². The number of hydrogen-bond acceptors (Lipinski definition) is 5. The van der Waals surface area contributed by atoms with Gasteiger partial charge in [-0.05, 0) is 49.9 Å². The maximum absolute atomic E-state index is 13.0. The summed E-state index contributed by atoms with van der Waals surface area (Å²) in [4.78, 5) is 43.3. The van der Waals surface area contributed by atoms with Crippen molar-refractivity contribution >= 4 is 17.8 Å². The highest BCUT2D eigenvalue weighted by Crippen LogP contribution is 2.59. The van der Waals surface area contributed by atoms with Crippen LogP contribution in [0.15, 0.2) is 11.6 Å². The Kier molecular flexibility index (Phi) is 7.46. The lowest BCUT2D eigenvalue weighted by Crippen LogP contribution is -2.52. The second-order valence-electron chi connectivity index (χ2n) is 10.9. The quantitative estimate of drug-likeness (QED) is 0.371. The molecule has 3 fully saturated rings. The fraction of sp³-hybridized carbons (Fsp3) is 0.808. The molecule has 2 unspecified atom stereocenters. The van der Waals surface area contributed by atoms with Crippen LogP contribution in [0.25, 0.3) is 0 Å². The largest absolute Gasteiger partial charge is 0.466 e. The maximum atomic E-state index is 13.0. The molecule has 33 heavy (non-hydrogen) atoms. The normalized spacial score (nSPS) is 26.3. The third-order valence-electron chi connectivity index (χ3n) is 8.45. The van der Waals surface area contributed by atoms with Crippen molar-refractivity contribution in [2.75, 3.05) is 52.4 Å². The molecular weight excluding hydrogens is 418 g/mol. The van der Waals surface area contributed by atoms with Crippen molar-refractivity contribution in [3.63, 3.8) is 0 Å². The SMILES string of the molecule is CCOC(=O)CCC(=O)N1CCN(CCN(CC2=CCC3CC2C3(C)C)C(=O)C2CC2)CC1. The first-order chi connectivity index (χ1) is 15.8. The average Bonchev–Trinajstić information content (AvgIpc) is 3.66. The Morgan fingerprint density at radius 2 is 1.85 bits per heavy atom. The summed E-state index contributed by atoms with van der Waals surface area (Å²) in [7, 11) is 0. The predicted molar refractivity (Wildman–Crippen MR) is 126 cm³/mol. The van der Waals surface area contributed by atoms with Crippen LogP contribution in [0.3, 0.4) is 0 Å². The van der Waals surface area contributed by atoms with Crippen molar-refractivity contribution in [2.24, 2.45) is 23.2 Å². The minimum Gasteiger partial charge on any atom is -0.466 e. The molecule has 0 spiro atoms. The Morgan fingerprint density at radius 3 is 2.45 bits per heavy atom. The molecule has 0 N–H and O–H groups in total. The molecule has 184 valence electrons. The highest BCUT2D eigenvalue weighted by molar-refractivity contribution is 5.82. The van der Waals surface area contributed by atoms with Gasteiger partial charge in [0.1, 0.15) is 0 Å². The number of fused-ring (bicyclic) bond motifs is 1. The van der Waals surface area contributed by atoms with Gasteiger partial charge < -0.3 is 14.5 Å². The summed E-state index contributed by atoms with van der Waals surface area (Å²) >= 11 is 0. The summed E-state index contributed by atoms with van der Waals surface area (Å²) in [5.74, 6) is 1.75. The van der Waals surface area contributed by atoms with Crippen LogP contribution in [0.4, 0.5) is 0 Å². The Labute approximate surface area is 198 Å². The molecule has 0 aromatic carbocycles. The lowest BCUT2D eigenvalue weighted by atomic mass is 9.49. The Morgan fingerprint density at radius 1 is 1.12 bits per heavy atom. The maximum Gasteiger partial charge on any atom is 0.306 e. The van der Waals surface area contributed by atoms with Gasteiger partial charge >= 0.3 is 5.97 Å². The van der Waals surface area contributed by atoms with E-state index in [9.17, 15) is 14.4 Å². The molecular formula is C26H41N3O4. The van der Waals surface area contributed by atoms with Crippen molar-refractivity contribution in [1.82, 2.24) is 14.7 Å². The van der Waals surface area contributed by atoms with Crippen molar-refractivity contribution in [1.29, 1.82) is 0 Å². The summed E-state index contributed by atoms with van der Waals surface area (Å²) < 4.78 is 4.91. The number of piperazine rings is 1. The van der Waals surface area contributed by atoms with E-state index in [1.807, 2.05) is 4.90 Å². The van der Waals surface area contributed by atoms with Crippen LogP contribution in [-0.4, -0.2) is 84.9 Å². The van der Waals surface area contributed by atoms with Gasteiger partial charge in [0.2, 0.25) is 11.8 Å². The number of rotatable bonds is 10. The van der Waals surface area contributed by atoms with E-state index in [0.717, 1.165) is 57.9 Å². The molecule has 4 aliphatic carbocycles. The average molecular weight is 460 g/mol. The minimum absolute atomic E-state index is 0.0268. The van der Waals surface area contributed by atoms with Gasteiger partial charge in [-0.25, -0.2) is 0 Å². The van der Waals surface area contributed by atoms with Crippen LogP contribution in [0.1, 0.15) is 59.3 Å². The van der Waals surface area contributed by atoms with Crippen molar-refractivity contribution in [2.45, 2.75) is 59.3 Å². The fourth-order valence-electron chi connectivity index (χ4n) is 5.82. The molecule has 7 heteroatoms. The van der Waals surface area contributed by atoms with Gasteiger partial charge in [-0.15, -0.1) is 0 Å². The third-order valence-corrected chi connectivity index (χ3v) is 8.45. The van der Waals surface area contributed by atoms with E-state index in [2.05, 4.69) is 29.7 Å². The van der Waals surface area contributed by atoms with E-state index in [1.165, 1.54) is 12.0 Å². The first-order valence-electron chi connectivity index (χ1n) is 12.9. The highest BCUT2D eigenvalue weighted by Gasteiger charge is 2.51. The van der Waals surface area contributed by atoms with E-state index < -0.39 is 0 Å². The number of nitrogens with zero attached hydrogens (tertiary/aromatic N) is 3. The molecule has 1 aliphatic heterocycles. The molecule has 2 amide bonds. The zero-order valence-corrected chi connectivity index (χ0v) is 20.7. The summed E-state index contributed by atoms with van der Waals surface area (Å²) in [6, 6.07) is 0. The monoisotopic (exact) mass is 459 g/mol. The molecule has 2 bridgehead atoms. The summed E-state index contributed by atoms with van der Waals surface area (Å²) in [5, 5.41) is 0. The van der Waals surface area contributed by atoms with Crippen LogP contribution in [-0.2, 0) is 19.1 Å². The lowest BCUT2D eigenvalue weighted by Gasteiger charge is -2.57. The lowest BCUT2D eigenvalue weighted by molar-refractivity contribution is -0.146. The van der Waals surface area contributed by atoms with Crippen molar-refractivity contribution in [3.8, 4) is 0 Å². The molecule has 0 aromatic heterocycles. The topological polar surface area (TPSA) is 70.2 Å². The number of hydrogen-bond donors (Lipinski definition) is 0. The molecule has 7 nitrogen and oxygen atoms in total. The predicted octanol–water partition coefficient (Wildman–Crippen LogP) is 2.70.